The average molecular weight is 311 g/mol. The summed E-state index contributed by atoms with van der Waals surface area (Å²) < 4.78 is 35.9. The highest BCUT2D eigenvalue weighted by atomic mass is 35.5. The van der Waals surface area contributed by atoms with E-state index in [1.807, 2.05) is 0 Å². The number of anilines is 1. The lowest BCUT2D eigenvalue weighted by atomic mass is 10.2. The van der Waals surface area contributed by atoms with Gasteiger partial charge in [-0.15, -0.1) is 0 Å². The van der Waals surface area contributed by atoms with Crippen LogP contribution in [-0.2, 0) is 4.79 Å². The first kappa shape index (κ1) is 15.7. The number of benzene rings is 1. The number of alkyl halides is 3. The summed E-state index contributed by atoms with van der Waals surface area (Å²) in [4.78, 5) is 11.5. The van der Waals surface area contributed by atoms with Gasteiger partial charge in [0.15, 0.2) is 0 Å². The van der Waals surface area contributed by atoms with Crippen molar-refractivity contribution in [1.82, 2.24) is 0 Å². The van der Waals surface area contributed by atoms with Crippen LogP contribution in [0.5, 0.6) is 0 Å². The molecule has 1 amide bonds. The summed E-state index contributed by atoms with van der Waals surface area (Å²) in [5.74, 6) is -0.778. The van der Waals surface area contributed by atoms with Gasteiger partial charge in [0.05, 0.1) is 17.1 Å². The zero-order valence-corrected chi connectivity index (χ0v) is 11.1. The van der Waals surface area contributed by atoms with Crippen LogP contribution in [0.3, 0.4) is 0 Å². The fourth-order valence-corrected chi connectivity index (χ4v) is 1.53. The SMILES string of the molecule is NC(=S)c1ccc(Cl)c(NC(=O)CCC(F)(F)F)c1. The summed E-state index contributed by atoms with van der Waals surface area (Å²) >= 11 is 10.6. The number of amides is 1. The predicted molar refractivity (Wildman–Crippen MR) is 71.3 cm³/mol. The lowest BCUT2D eigenvalue weighted by molar-refractivity contribution is -0.142. The molecule has 0 radical (unpaired) electrons. The van der Waals surface area contributed by atoms with Gasteiger partial charge in [-0.1, -0.05) is 29.9 Å². The van der Waals surface area contributed by atoms with Crippen molar-refractivity contribution < 1.29 is 18.0 Å². The van der Waals surface area contributed by atoms with E-state index in [1.165, 1.54) is 12.1 Å². The van der Waals surface area contributed by atoms with Crippen LogP contribution in [0.15, 0.2) is 18.2 Å². The molecule has 0 heterocycles. The number of hydrogen-bond donors (Lipinski definition) is 2. The van der Waals surface area contributed by atoms with Gasteiger partial charge in [-0.2, -0.15) is 13.2 Å². The van der Waals surface area contributed by atoms with E-state index >= 15 is 0 Å². The van der Waals surface area contributed by atoms with Crippen molar-refractivity contribution in [2.45, 2.75) is 19.0 Å². The minimum Gasteiger partial charge on any atom is -0.389 e. The largest absolute Gasteiger partial charge is 0.389 e. The van der Waals surface area contributed by atoms with E-state index < -0.39 is 24.9 Å². The van der Waals surface area contributed by atoms with Crippen LogP contribution in [0.2, 0.25) is 5.02 Å². The quantitative estimate of drug-likeness (QED) is 0.839. The predicted octanol–water partition coefficient (Wildman–Crippen LogP) is 3.26. The first-order valence-corrected chi connectivity index (χ1v) is 5.93. The van der Waals surface area contributed by atoms with Gasteiger partial charge in [0, 0.05) is 12.0 Å². The van der Waals surface area contributed by atoms with E-state index in [4.69, 9.17) is 29.6 Å². The molecule has 0 saturated heterocycles. The first-order chi connectivity index (χ1) is 8.69. The maximum Gasteiger partial charge on any atom is 0.389 e. The van der Waals surface area contributed by atoms with Crippen molar-refractivity contribution in [1.29, 1.82) is 0 Å². The van der Waals surface area contributed by atoms with E-state index in [0.29, 0.717) is 5.56 Å². The molecule has 0 atom stereocenters. The monoisotopic (exact) mass is 310 g/mol. The Kier molecular flexibility index (Phi) is 5.13. The molecular weight excluding hydrogens is 301 g/mol. The van der Waals surface area contributed by atoms with Crippen molar-refractivity contribution in [3.8, 4) is 0 Å². The molecule has 0 aliphatic rings. The Hall–Kier alpha value is -1.34. The van der Waals surface area contributed by atoms with Gasteiger partial charge in [0.25, 0.3) is 0 Å². The van der Waals surface area contributed by atoms with Crippen molar-refractivity contribution >= 4 is 40.4 Å². The minimum absolute atomic E-state index is 0.0995. The summed E-state index contributed by atoms with van der Waals surface area (Å²) in [6.07, 6.45) is -6.23. The summed E-state index contributed by atoms with van der Waals surface area (Å²) in [6.45, 7) is 0. The van der Waals surface area contributed by atoms with Gasteiger partial charge in [-0.05, 0) is 12.1 Å². The number of nitrogens with one attached hydrogen (secondary N) is 1. The number of hydrogen-bond acceptors (Lipinski definition) is 2. The fraction of sp³-hybridized carbons (Fsp3) is 0.273. The third kappa shape index (κ3) is 5.44. The molecule has 0 fully saturated rings. The standard InChI is InChI=1S/C11H10ClF3N2OS/c12-7-2-1-6(10(16)19)5-8(7)17-9(18)3-4-11(13,14)15/h1-2,5H,3-4H2,(H2,16,19)(H,17,18). The molecule has 0 saturated carbocycles. The molecule has 0 aliphatic heterocycles. The maximum absolute atomic E-state index is 12.0. The van der Waals surface area contributed by atoms with E-state index in [2.05, 4.69) is 5.32 Å². The molecule has 1 aromatic carbocycles. The number of carbonyl (C=O) groups excluding carboxylic acids is 1. The number of carbonyl (C=O) groups is 1. The van der Waals surface area contributed by atoms with Crippen molar-refractivity contribution in [2.75, 3.05) is 5.32 Å². The highest BCUT2D eigenvalue weighted by Crippen LogP contribution is 2.25. The molecule has 1 aromatic rings. The van der Waals surface area contributed by atoms with Crippen molar-refractivity contribution in [3.63, 3.8) is 0 Å². The van der Waals surface area contributed by atoms with Crippen LogP contribution < -0.4 is 11.1 Å². The number of nitrogens with two attached hydrogens (primary N) is 1. The van der Waals surface area contributed by atoms with Gasteiger partial charge >= 0.3 is 6.18 Å². The fourth-order valence-electron chi connectivity index (χ4n) is 1.24. The molecule has 1 rings (SSSR count). The third-order valence-corrected chi connectivity index (χ3v) is 2.73. The summed E-state index contributed by atoms with van der Waals surface area (Å²) in [6, 6.07) is 4.42. The molecule has 0 aliphatic carbocycles. The zero-order valence-electron chi connectivity index (χ0n) is 9.55. The Morgan fingerprint density at radius 1 is 1.42 bits per heavy atom. The van der Waals surface area contributed by atoms with Crippen molar-refractivity contribution in [3.05, 3.63) is 28.8 Å². The molecule has 8 heteroatoms. The van der Waals surface area contributed by atoms with E-state index in [1.54, 1.807) is 6.07 Å². The molecule has 3 nitrogen and oxygen atoms in total. The molecule has 0 spiro atoms. The first-order valence-electron chi connectivity index (χ1n) is 5.15. The average Bonchev–Trinajstić information content (AvgIpc) is 2.28. The van der Waals surface area contributed by atoms with Gasteiger partial charge in [0.1, 0.15) is 4.99 Å². The summed E-state index contributed by atoms with van der Waals surface area (Å²) in [5, 5.41) is 2.49. The molecule has 3 N–H and O–H groups in total. The van der Waals surface area contributed by atoms with Crippen LogP contribution in [-0.4, -0.2) is 17.1 Å². The molecular formula is C11H10ClF3N2OS. The van der Waals surface area contributed by atoms with Crippen LogP contribution in [0.25, 0.3) is 0 Å². The van der Waals surface area contributed by atoms with Gasteiger partial charge in [-0.25, -0.2) is 0 Å². The molecule has 104 valence electrons. The molecule has 0 bridgehead atoms. The van der Waals surface area contributed by atoms with E-state index in [9.17, 15) is 18.0 Å². The maximum atomic E-state index is 12.0. The lowest BCUT2D eigenvalue weighted by Crippen LogP contribution is -2.17. The topological polar surface area (TPSA) is 55.1 Å². The molecule has 19 heavy (non-hydrogen) atoms. The zero-order chi connectivity index (χ0) is 14.6. The van der Waals surface area contributed by atoms with Gasteiger partial charge < -0.3 is 11.1 Å². The van der Waals surface area contributed by atoms with Crippen LogP contribution >= 0.6 is 23.8 Å². The summed E-state index contributed by atoms with van der Waals surface area (Å²) in [5.41, 5.74) is 6.05. The lowest BCUT2D eigenvalue weighted by Gasteiger charge is -2.10. The van der Waals surface area contributed by atoms with Crippen LogP contribution in [0.4, 0.5) is 18.9 Å². The van der Waals surface area contributed by atoms with Crippen LogP contribution in [0, 0.1) is 0 Å². The minimum atomic E-state index is -4.37. The number of rotatable bonds is 4. The second-order valence-electron chi connectivity index (χ2n) is 3.72. The highest BCUT2D eigenvalue weighted by Gasteiger charge is 2.27. The van der Waals surface area contributed by atoms with Crippen molar-refractivity contribution in [2.24, 2.45) is 5.73 Å². The Morgan fingerprint density at radius 3 is 2.58 bits per heavy atom. The molecule has 0 unspecified atom stereocenters. The Bertz CT molecular complexity index is 505. The summed E-state index contributed by atoms with van der Waals surface area (Å²) in [7, 11) is 0. The Labute approximate surface area is 117 Å². The number of thiocarbonyl (C=S) groups is 1. The highest BCUT2D eigenvalue weighted by molar-refractivity contribution is 7.80. The smallest absolute Gasteiger partial charge is 0.389 e. The Morgan fingerprint density at radius 2 is 2.05 bits per heavy atom. The van der Waals surface area contributed by atoms with Gasteiger partial charge in [0.2, 0.25) is 5.91 Å². The van der Waals surface area contributed by atoms with E-state index in [-0.39, 0.29) is 15.7 Å². The Balaban J connectivity index is 2.73. The van der Waals surface area contributed by atoms with Crippen LogP contribution in [0.1, 0.15) is 18.4 Å². The molecule has 0 aromatic heterocycles. The number of halogens is 4. The third-order valence-electron chi connectivity index (χ3n) is 2.16. The second-order valence-corrected chi connectivity index (χ2v) is 4.57. The normalized spacial score (nSPS) is 11.2. The van der Waals surface area contributed by atoms with Gasteiger partial charge in [-0.3, -0.25) is 4.79 Å². The van der Waals surface area contributed by atoms with E-state index in [0.717, 1.165) is 0 Å². The second kappa shape index (κ2) is 6.21.